The van der Waals surface area contributed by atoms with Gasteiger partial charge in [-0.2, -0.15) is 0 Å². The summed E-state index contributed by atoms with van der Waals surface area (Å²) in [6.07, 6.45) is -0.245. The molecule has 0 bridgehead atoms. The molecule has 1 saturated heterocycles. The number of ether oxygens (including phenoxy) is 1. The zero-order chi connectivity index (χ0) is 21.0. The van der Waals surface area contributed by atoms with Crippen molar-refractivity contribution in [2.45, 2.75) is 51.8 Å². The van der Waals surface area contributed by atoms with Gasteiger partial charge >= 0.3 is 6.09 Å². The lowest BCUT2D eigenvalue weighted by Gasteiger charge is -2.33. The fraction of sp³-hybridized carbons (Fsp3) is 0.458. The third-order valence-electron chi connectivity index (χ3n) is 5.28. The maximum atomic E-state index is 12.9. The number of likely N-dealkylation sites (tertiary alicyclic amines) is 1. The van der Waals surface area contributed by atoms with Crippen molar-refractivity contribution in [2.24, 2.45) is 0 Å². The van der Waals surface area contributed by atoms with E-state index in [9.17, 15) is 4.79 Å². The van der Waals surface area contributed by atoms with Crippen LogP contribution in [0.4, 0.5) is 4.79 Å². The minimum Gasteiger partial charge on any atom is -0.444 e. The van der Waals surface area contributed by atoms with E-state index in [0.29, 0.717) is 6.54 Å². The standard InChI is InChI=1S/C24H31ClN2O2/c1-5-27(23(28)29-24(2,3)4)22-17-26(15-18-9-7-6-8-10-18)16-21(22)19-11-13-20(25)14-12-19/h6-14,21-22H,5,15-17H2,1-4H3. The van der Waals surface area contributed by atoms with Crippen LogP contribution in [0.1, 0.15) is 44.7 Å². The molecule has 4 nitrogen and oxygen atoms in total. The highest BCUT2D eigenvalue weighted by molar-refractivity contribution is 6.30. The summed E-state index contributed by atoms with van der Waals surface area (Å²) in [6.45, 7) is 10.9. The molecule has 0 aromatic heterocycles. The molecule has 0 radical (unpaired) electrons. The van der Waals surface area contributed by atoms with Crippen molar-refractivity contribution in [1.82, 2.24) is 9.80 Å². The van der Waals surface area contributed by atoms with E-state index < -0.39 is 5.60 Å². The first-order valence-corrected chi connectivity index (χ1v) is 10.7. The largest absolute Gasteiger partial charge is 0.444 e. The van der Waals surface area contributed by atoms with Gasteiger partial charge in [-0.3, -0.25) is 4.90 Å². The molecule has 1 heterocycles. The Hall–Kier alpha value is -2.04. The van der Waals surface area contributed by atoms with E-state index in [2.05, 4.69) is 41.3 Å². The lowest BCUT2D eigenvalue weighted by molar-refractivity contribution is 0.0167. The monoisotopic (exact) mass is 414 g/mol. The van der Waals surface area contributed by atoms with Crippen LogP contribution < -0.4 is 0 Å². The summed E-state index contributed by atoms with van der Waals surface area (Å²) in [5, 5.41) is 0.726. The van der Waals surface area contributed by atoms with Gasteiger partial charge in [-0.1, -0.05) is 54.1 Å². The molecule has 5 heteroatoms. The molecule has 1 fully saturated rings. The van der Waals surface area contributed by atoms with E-state index >= 15 is 0 Å². The fourth-order valence-electron chi connectivity index (χ4n) is 4.01. The normalized spacial score (nSPS) is 19.9. The average molecular weight is 415 g/mol. The molecular formula is C24H31ClN2O2. The van der Waals surface area contributed by atoms with Crippen molar-refractivity contribution >= 4 is 17.7 Å². The van der Waals surface area contributed by atoms with Crippen LogP contribution in [-0.4, -0.2) is 47.2 Å². The maximum Gasteiger partial charge on any atom is 0.410 e. The number of benzene rings is 2. The molecular weight excluding hydrogens is 384 g/mol. The van der Waals surface area contributed by atoms with E-state index in [1.807, 2.05) is 50.8 Å². The molecule has 2 unspecified atom stereocenters. The molecule has 0 aliphatic carbocycles. The molecule has 156 valence electrons. The van der Waals surface area contributed by atoms with Crippen LogP contribution in [0.2, 0.25) is 5.02 Å². The quantitative estimate of drug-likeness (QED) is 0.641. The first-order valence-electron chi connectivity index (χ1n) is 10.3. The highest BCUT2D eigenvalue weighted by Gasteiger charge is 2.40. The number of halogens is 1. The molecule has 0 spiro atoms. The zero-order valence-corrected chi connectivity index (χ0v) is 18.5. The molecule has 1 aliphatic rings. The van der Waals surface area contributed by atoms with Gasteiger partial charge in [-0.15, -0.1) is 0 Å². The number of hydrogen-bond donors (Lipinski definition) is 0. The highest BCUT2D eigenvalue weighted by atomic mass is 35.5. The number of amides is 1. The van der Waals surface area contributed by atoms with Crippen LogP contribution in [-0.2, 0) is 11.3 Å². The van der Waals surface area contributed by atoms with Crippen LogP contribution >= 0.6 is 11.6 Å². The summed E-state index contributed by atoms with van der Waals surface area (Å²) >= 11 is 6.11. The third kappa shape index (κ3) is 5.74. The second-order valence-electron chi connectivity index (χ2n) is 8.67. The van der Waals surface area contributed by atoms with Gasteiger partial charge in [0.2, 0.25) is 0 Å². The summed E-state index contributed by atoms with van der Waals surface area (Å²) in [5.74, 6) is 0.212. The predicted octanol–water partition coefficient (Wildman–Crippen LogP) is 5.57. The number of nitrogens with zero attached hydrogens (tertiary/aromatic N) is 2. The minimum atomic E-state index is -0.511. The Balaban J connectivity index is 1.85. The number of hydrogen-bond acceptors (Lipinski definition) is 3. The summed E-state index contributed by atoms with van der Waals surface area (Å²) in [7, 11) is 0. The Morgan fingerprint density at radius 1 is 1.10 bits per heavy atom. The molecule has 2 aromatic carbocycles. The predicted molar refractivity (Wildman–Crippen MR) is 118 cm³/mol. The third-order valence-corrected chi connectivity index (χ3v) is 5.53. The van der Waals surface area contributed by atoms with Gasteiger partial charge in [-0.05, 0) is 51.0 Å². The fourth-order valence-corrected chi connectivity index (χ4v) is 4.14. The van der Waals surface area contributed by atoms with Crippen LogP contribution in [0.3, 0.4) is 0 Å². The molecule has 1 amide bonds. The van der Waals surface area contributed by atoms with Crippen molar-refractivity contribution < 1.29 is 9.53 Å². The van der Waals surface area contributed by atoms with Crippen LogP contribution in [0.5, 0.6) is 0 Å². The molecule has 29 heavy (non-hydrogen) atoms. The van der Waals surface area contributed by atoms with E-state index in [1.54, 1.807) is 0 Å². The summed E-state index contributed by atoms with van der Waals surface area (Å²) in [4.78, 5) is 17.2. The zero-order valence-electron chi connectivity index (χ0n) is 17.8. The number of rotatable bonds is 5. The lowest BCUT2D eigenvalue weighted by Crippen LogP contribution is -2.46. The summed E-state index contributed by atoms with van der Waals surface area (Å²) in [6, 6.07) is 18.5. The van der Waals surface area contributed by atoms with E-state index in [-0.39, 0.29) is 18.1 Å². The number of likely N-dealkylation sites (N-methyl/N-ethyl adjacent to an activating group) is 1. The summed E-state index contributed by atoms with van der Waals surface area (Å²) in [5.41, 5.74) is 1.98. The number of carbonyl (C=O) groups excluding carboxylic acids is 1. The SMILES string of the molecule is CCN(C(=O)OC(C)(C)C)C1CN(Cc2ccccc2)CC1c1ccc(Cl)cc1. The van der Waals surface area contributed by atoms with Gasteiger partial charge in [0.25, 0.3) is 0 Å². The van der Waals surface area contributed by atoms with Crippen molar-refractivity contribution in [3.63, 3.8) is 0 Å². The van der Waals surface area contributed by atoms with E-state index in [4.69, 9.17) is 16.3 Å². The molecule has 0 N–H and O–H groups in total. The van der Waals surface area contributed by atoms with Crippen molar-refractivity contribution in [2.75, 3.05) is 19.6 Å². The van der Waals surface area contributed by atoms with Gasteiger partial charge in [0, 0.05) is 37.1 Å². The Kier molecular flexibility index (Phi) is 6.86. The van der Waals surface area contributed by atoms with Gasteiger partial charge in [0.1, 0.15) is 5.60 Å². The van der Waals surface area contributed by atoms with Crippen LogP contribution in [0.25, 0.3) is 0 Å². The molecule has 2 aromatic rings. The smallest absolute Gasteiger partial charge is 0.410 e. The van der Waals surface area contributed by atoms with Crippen LogP contribution in [0.15, 0.2) is 54.6 Å². The van der Waals surface area contributed by atoms with E-state index in [0.717, 1.165) is 24.7 Å². The highest BCUT2D eigenvalue weighted by Crippen LogP contribution is 2.33. The Labute approximate surface area is 179 Å². The van der Waals surface area contributed by atoms with Crippen molar-refractivity contribution in [3.8, 4) is 0 Å². The first kappa shape index (κ1) is 21.7. The van der Waals surface area contributed by atoms with Gasteiger partial charge < -0.3 is 9.64 Å². The van der Waals surface area contributed by atoms with Crippen molar-refractivity contribution in [3.05, 3.63) is 70.7 Å². The molecule has 3 rings (SSSR count). The Morgan fingerprint density at radius 3 is 2.34 bits per heavy atom. The summed E-state index contributed by atoms with van der Waals surface area (Å²) < 4.78 is 5.71. The lowest BCUT2D eigenvalue weighted by atomic mass is 9.93. The number of carbonyl (C=O) groups is 1. The molecule has 1 aliphatic heterocycles. The molecule has 0 saturated carbocycles. The van der Waals surface area contributed by atoms with Crippen LogP contribution in [0, 0.1) is 0 Å². The Bertz CT molecular complexity index is 802. The van der Waals surface area contributed by atoms with Gasteiger partial charge in [-0.25, -0.2) is 4.79 Å². The second-order valence-corrected chi connectivity index (χ2v) is 9.11. The first-order chi connectivity index (χ1) is 13.8. The van der Waals surface area contributed by atoms with Crippen molar-refractivity contribution in [1.29, 1.82) is 0 Å². The Morgan fingerprint density at radius 2 is 1.76 bits per heavy atom. The van der Waals surface area contributed by atoms with Gasteiger partial charge in [0.05, 0.1) is 6.04 Å². The van der Waals surface area contributed by atoms with E-state index in [1.165, 1.54) is 11.1 Å². The van der Waals surface area contributed by atoms with Gasteiger partial charge in [0.15, 0.2) is 0 Å². The topological polar surface area (TPSA) is 32.8 Å². The molecule has 2 atom stereocenters. The minimum absolute atomic E-state index is 0.0553. The second kappa shape index (κ2) is 9.19. The maximum absolute atomic E-state index is 12.9. The average Bonchev–Trinajstić information content (AvgIpc) is 3.05.